The van der Waals surface area contributed by atoms with Gasteiger partial charge in [-0.25, -0.2) is 13.1 Å². The van der Waals surface area contributed by atoms with E-state index in [0.717, 1.165) is 16.9 Å². The van der Waals surface area contributed by atoms with Crippen molar-refractivity contribution in [2.45, 2.75) is 25.7 Å². The molecule has 3 aromatic rings. The first kappa shape index (κ1) is 24.8. The van der Waals surface area contributed by atoms with Crippen LogP contribution in [0, 0.1) is 0 Å². The van der Waals surface area contributed by atoms with Gasteiger partial charge in [0.05, 0.1) is 38.4 Å². The minimum Gasteiger partial charge on any atom is -0.497 e. The fraction of sp³-hybridized carbons (Fsp3) is 0.375. The molecule has 0 spiro atoms. The van der Waals surface area contributed by atoms with E-state index >= 15 is 0 Å². The number of hydrogen-bond donors (Lipinski definition) is 0. The Morgan fingerprint density at radius 3 is 2.40 bits per heavy atom. The minimum absolute atomic E-state index is 0.104. The molecule has 1 saturated heterocycles. The average molecular weight is 500 g/mol. The van der Waals surface area contributed by atoms with E-state index < -0.39 is 22.0 Å². The Morgan fingerprint density at radius 2 is 1.71 bits per heavy atom. The number of esters is 1. The minimum atomic E-state index is -3.69. The topological polar surface area (TPSA) is 107 Å². The van der Waals surface area contributed by atoms with Gasteiger partial charge in [-0.15, -0.1) is 5.10 Å². The lowest BCUT2D eigenvalue weighted by molar-refractivity contribution is -0.145. The van der Waals surface area contributed by atoms with Gasteiger partial charge in [0.2, 0.25) is 10.0 Å². The van der Waals surface area contributed by atoms with E-state index in [9.17, 15) is 13.2 Å². The predicted molar refractivity (Wildman–Crippen MR) is 129 cm³/mol. The third kappa shape index (κ3) is 6.24. The summed E-state index contributed by atoms with van der Waals surface area (Å²) in [7, 11) is -0.793. The van der Waals surface area contributed by atoms with Crippen LogP contribution in [0.3, 0.4) is 0 Å². The summed E-state index contributed by atoms with van der Waals surface area (Å²) in [5.74, 6) is 0.0954. The number of sulfonamides is 1. The molecule has 1 aromatic heterocycles. The molecule has 0 bridgehead atoms. The number of methoxy groups -OCH3 is 2. The maximum atomic E-state index is 13.1. The van der Waals surface area contributed by atoms with Crippen LogP contribution >= 0.6 is 0 Å². The lowest BCUT2D eigenvalue weighted by Gasteiger charge is -2.28. The number of nitrogens with zero attached hydrogens (tertiary/aromatic N) is 5. The van der Waals surface area contributed by atoms with Gasteiger partial charge in [-0.2, -0.15) is 4.31 Å². The zero-order chi connectivity index (χ0) is 24.8. The van der Waals surface area contributed by atoms with Crippen molar-refractivity contribution in [2.24, 2.45) is 0 Å². The number of rotatable bonds is 8. The van der Waals surface area contributed by atoms with E-state index in [2.05, 4.69) is 10.3 Å². The van der Waals surface area contributed by atoms with Gasteiger partial charge in [0, 0.05) is 26.2 Å². The monoisotopic (exact) mass is 499 g/mol. The van der Waals surface area contributed by atoms with Crippen LogP contribution in [-0.4, -0.2) is 77.7 Å². The molecule has 2 aromatic carbocycles. The number of ether oxygens (including phenoxy) is 2. The summed E-state index contributed by atoms with van der Waals surface area (Å²) < 4.78 is 39.4. The van der Waals surface area contributed by atoms with Crippen LogP contribution in [0.5, 0.6) is 5.75 Å². The van der Waals surface area contributed by atoms with Gasteiger partial charge in [0.1, 0.15) is 11.8 Å². The van der Waals surface area contributed by atoms with E-state index in [0.29, 0.717) is 18.8 Å². The zero-order valence-corrected chi connectivity index (χ0v) is 20.6. The maximum absolute atomic E-state index is 13.1. The summed E-state index contributed by atoms with van der Waals surface area (Å²) in [4.78, 5) is 14.6. The van der Waals surface area contributed by atoms with Gasteiger partial charge in [0.15, 0.2) is 0 Å². The highest BCUT2D eigenvalue weighted by Crippen LogP contribution is 2.21. The van der Waals surface area contributed by atoms with Crippen molar-refractivity contribution < 1.29 is 22.7 Å². The molecule has 10 nitrogen and oxygen atoms in total. The van der Waals surface area contributed by atoms with Gasteiger partial charge in [0.25, 0.3) is 0 Å². The van der Waals surface area contributed by atoms with Crippen LogP contribution in [0.2, 0.25) is 0 Å². The lowest BCUT2D eigenvalue weighted by atomic mass is 10.2. The van der Waals surface area contributed by atoms with Crippen LogP contribution in [-0.2, 0) is 39.2 Å². The molecule has 0 amide bonds. The van der Waals surface area contributed by atoms with E-state index in [-0.39, 0.29) is 25.4 Å². The molecule has 1 unspecified atom stereocenters. The van der Waals surface area contributed by atoms with E-state index in [1.807, 2.05) is 65.7 Å². The molecule has 0 N–H and O–H groups in total. The first-order valence-corrected chi connectivity index (χ1v) is 12.8. The summed E-state index contributed by atoms with van der Waals surface area (Å²) in [6.45, 7) is 1.48. The molecular weight excluding hydrogens is 470 g/mol. The summed E-state index contributed by atoms with van der Waals surface area (Å²) >= 11 is 0. The average Bonchev–Trinajstić information content (AvgIpc) is 3.26. The van der Waals surface area contributed by atoms with Crippen LogP contribution in [0.4, 0.5) is 0 Å². The van der Waals surface area contributed by atoms with Crippen molar-refractivity contribution in [3.8, 4) is 5.75 Å². The molecule has 1 fully saturated rings. The number of carbonyl (C=O) groups excluding carboxylic acids is 1. The van der Waals surface area contributed by atoms with E-state index in [4.69, 9.17) is 9.47 Å². The Kier molecular flexibility index (Phi) is 7.79. The molecule has 35 heavy (non-hydrogen) atoms. The molecule has 11 heteroatoms. The molecule has 0 aliphatic carbocycles. The second-order valence-corrected chi connectivity index (χ2v) is 10.4. The zero-order valence-electron chi connectivity index (χ0n) is 19.8. The van der Waals surface area contributed by atoms with Crippen molar-refractivity contribution in [3.05, 3.63) is 77.6 Å². The first-order valence-electron chi connectivity index (χ1n) is 11.2. The van der Waals surface area contributed by atoms with Gasteiger partial charge in [-0.05, 0) is 23.3 Å². The second-order valence-electron chi connectivity index (χ2n) is 8.38. The molecule has 4 rings (SSSR count). The number of benzene rings is 2. The van der Waals surface area contributed by atoms with Crippen molar-refractivity contribution in [2.75, 3.05) is 33.1 Å². The van der Waals surface area contributed by atoms with Crippen LogP contribution in [0.15, 0.2) is 60.8 Å². The number of carbonyl (C=O) groups is 1. The summed E-state index contributed by atoms with van der Waals surface area (Å²) in [5, 5.41) is 8.45. The van der Waals surface area contributed by atoms with E-state index in [1.54, 1.807) is 11.8 Å². The lowest BCUT2D eigenvalue weighted by Crippen LogP contribution is -2.48. The Balaban J connectivity index is 1.48. The highest BCUT2D eigenvalue weighted by Gasteiger charge is 2.39. The van der Waals surface area contributed by atoms with Crippen molar-refractivity contribution in [3.63, 3.8) is 0 Å². The largest absolute Gasteiger partial charge is 0.497 e. The van der Waals surface area contributed by atoms with Crippen LogP contribution in [0.25, 0.3) is 0 Å². The van der Waals surface area contributed by atoms with Crippen LogP contribution < -0.4 is 4.74 Å². The van der Waals surface area contributed by atoms with Crippen molar-refractivity contribution in [1.29, 1.82) is 0 Å². The molecule has 0 radical (unpaired) electrons. The van der Waals surface area contributed by atoms with E-state index in [1.165, 1.54) is 11.4 Å². The Hall–Kier alpha value is -3.28. The molecule has 0 saturated carbocycles. The van der Waals surface area contributed by atoms with Crippen molar-refractivity contribution in [1.82, 2.24) is 24.2 Å². The Morgan fingerprint density at radius 1 is 1.00 bits per heavy atom. The standard InChI is InChI=1S/C24H29N5O5S/c1-33-22-10-8-20(9-11-22)14-28-17-21(25-26-28)16-27-12-13-35(31,32)29(23(18-27)24(30)34-2)15-19-6-4-3-5-7-19/h3-11,17,23H,12-16,18H2,1-2H3. The predicted octanol–water partition coefficient (Wildman–Crippen LogP) is 1.52. The van der Waals surface area contributed by atoms with Gasteiger partial charge in [-0.1, -0.05) is 47.7 Å². The highest BCUT2D eigenvalue weighted by atomic mass is 32.2. The summed E-state index contributed by atoms with van der Waals surface area (Å²) in [6, 6.07) is 16.0. The van der Waals surface area contributed by atoms with Gasteiger partial charge >= 0.3 is 5.97 Å². The SMILES string of the molecule is COC(=O)C1CN(Cc2cn(Cc3ccc(OC)cc3)nn2)CCS(=O)(=O)N1Cc1ccccc1. The molecule has 186 valence electrons. The molecule has 1 aliphatic heterocycles. The normalized spacial score (nSPS) is 18.6. The fourth-order valence-electron chi connectivity index (χ4n) is 4.06. The van der Waals surface area contributed by atoms with Gasteiger partial charge in [-0.3, -0.25) is 9.69 Å². The Labute approximate surface area is 205 Å². The highest BCUT2D eigenvalue weighted by molar-refractivity contribution is 7.89. The van der Waals surface area contributed by atoms with Crippen LogP contribution in [0.1, 0.15) is 16.8 Å². The van der Waals surface area contributed by atoms with Gasteiger partial charge < -0.3 is 9.47 Å². The Bertz CT molecular complexity index is 1230. The second kappa shape index (κ2) is 11.0. The molecule has 1 atom stereocenters. The molecular formula is C24H29N5O5S. The smallest absolute Gasteiger partial charge is 0.325 e. The third-order valence-corrected chi connectivity index (χ3v) is 7.73. The number of hydrogen-bond acceptors (Lipinski definition) is 8. The number of aromatic nitrogens is 3. The molecule has 1 aliphatic rings. The molecule has 2 heterocycles. The maximum Gasteiger partial charge on any atom is 0.325 e. The van der Waals surface area contributed by atoms with Crippen molar-refractivity contribution >= 4 is 16.0 Å². The fourth-order valence-corrected chi connectivity index (χ4v) is 5.67. The first-order chi connectivity index (χ1) is 16.9. The quantitative estimate of drug-likeness (QED) is 0.430. The summed E-state index contributed by atoms with van der Waals surface area (Å²) in [6.07, 6.45) is 1.83. The third-order valence-electron chi connectivity index (χ3n) is 5.93. The summed E-state index contributed by atoms with van der Waals surface area (Å²) in [5.41, 5.74) is 2.54.